The normalized spacial score (nSPS) is 10.2. The first-order valence-corrected chi connectivity index (χ1v) is 3.91. The molecule has 0 spiro atoms. The zero-order valence-corrected chi connectivity index (χ0v) is 7.99. The van der Waals surface area contributed by atoms with Crippen molar-refractivity contribution in [3.8, 4) is 0 Å². The molecule has 0 heterocycles. The summed E-state index contributed by atoms with van der Waals surface area (Å²) in [6.07, 6.45) is 0. The highest BCUT2D eigenvalue weighted by atomic mass is 14.8. The van der Waals surface area contributed by atoms with Gasteiger partial charge >= 0.3 is 0 Å². The van der Waals surface area contributed by atoms with Crippen LogP contribution in [-0.2, 0) is 0 Å². The van der Waals surface area contributed by atoms with Crippen molar-refractivity contribution < 1.29 is 0 Å². The molecule has 0 aliphatic carbocycles. The highest BCUT2D eigenvalue weighted by molar-refractivity contribution is 4.60. The third-order valence-electron chi connectivity index (χ3n) is 0.500. The molecule has 2 heteroatoms. The third kappa shape index (κ3) is 103. The van der Waals surface area contributed by atoms with E-state index in [2.05, 4.69) is 19.2 Å². The van der Waals surface area contributed by atoms with Gasteiger partial charge in [0.2, 0.25) is 0 Å². The molecule has 64 valence electrons. The highest BCUT2D eigenvalue weighted by Crippen LogP contribution is 1.88. The zero-order valence-electron chi connectivity index (χ0n) is 7.99. The van der Waals surface area contributed by atoms with Crippen LogP contribution in [0.25, 0.3) is 0 Å². The average Bonchev–Trinajstić information content (AvgIpc) is 1.63. The van der Waals surface area contributed by atoms with Gasteiger partial charge in [-0.25, -0.2) is 0 Å². The maximum Gasteiger partial charge on any atom is 0.00686 e. The van der Waals surface area contributed by atoms with E-state index in [-0.39, 0.29) is 5.54 Å². The molecule has 0 amide bonds. The van der Waals surface area contributed by atoms with E-state index in [4.69, 9.17) is 5.73 Å². The molecule has 0 saturated carbocycles. The molecule has 0 aliphatic rings. The standard InChI is InChI=1S/2C4H11N/c1-4(2,3)5;1-3-5-4-2/h5H2,1-3H3;5H,3-4H2,1-2H3. The molecule has 0 aliphatic heterocycles. The monoisotopic (exact) mass is 146 g/mol. The second-order valence-electron chi connectivity index (χ2n) is 3.32. The number of nitrogens with one attached hydrogen (secondary N) is 1. The molecule has 0 aromatic heterocycles. The van der Waals surface area contributed by atoms with Crippen LogP contribution in [-0.4, -0.2) is 18.6 Å². The van der Waals surface area contributed by atoms with Crippen LogP contribution >= 0.6 is 0 Å². The molecule has 0 atom stereocenters. The van der Waals surface area contributed by atoms with Crippen LogP contribution in [0.4, 0.5) is 0 Å². The molecule has 0 radical (unpaired) electrons. The van der Waals surface area contributed by atoms with E-state index in [1.54, 1.807) is 0 Å². The summed E-state index contributed by atoms with van der Waals surface area (Å²) in [5.74, 6) is 0. The number of nitrogens with two attached hydrogens (primary N) is 1. The van der Waals surface area contributed by atoms with Gasteiger partial charge < -0.3 is 11.1 Å². The van der Waals surface area contributed by atoms with Crippen LogP contribution in [0, 0.1) is 0 Å². The quantitative estimate of drug-likeness (QED) is 0.617. The van der Waals surface area contributed by atoms with Gasteiger partial charge in [0, 0.05) is 5.54 Å². The summed E-state index contributed by atoms with van der Waals surface area (Å²) < 4.78 is 0. The summed E-state index contributed by atoms with van der Waals surface area (Å²) in [4.78, 5) is 0. The van der Waals surface area contributed by atoms with Crippen molar-refractivity contribution in [2.24, 2.45) is 5.73 Å². The van der Waals surface area contributed by atoms with E-state index in [0.717, 1.165) is 13.1 Å². The van der Waals surface area contributed by atoms with E-state index < -0.39 is 0 Å². The number of hydrogen-bond donors (Lipinski definition) is 2. The fraction of sp³-hybridized carbons (Fsp3) is 1.00. The molecule has 0 unspecified atom stereocenters. The van der Waals surface area contributed by atoms with Crippen molar-refractivity contribution in [3.63, 3.8) is 0 Å². The Morgan fingerprint density at radius 2 is 1.30 bits per heavy atom. The number of rotatable bonds is 2. The lowest BCUT2D eigenvalue weighted by molar-refractivity contribution is 0.580. The van der Waals surface area contributed by atoms with Crippen LogP contribution < -0.4 is 11.1 Å². The molecule has 0 fully saturated rings. The first-order chi connectivity index (χ1) is 4.41. The maximum absolute atomic E-state index is 5.35. The van der Waals surface area contributed by atoms with Gasteiger partial charge in [-0.05, 0) is 33.9 Å². The summed E-state index contributed by atoms with van der Waals surface area (Å²) in [6, 6.07) is 0. The summed E-state index contributed by atoms with van der Waals surface area (Å²) in [5, 5.41) is 3.11. The Hall–Kier alpha value is -0.0800. The summed E-state index contributed by atoms with van der Waals surface area (Å²) in [6.45, 7) is 12.3. The predicted octanol–water partition coefficient (Wildman–Crippen LogP) is 1.36. The molecular formula is C8H22N2. The van der Waals surface area contributed by atoms with E-state index >= 15 is 0 Å². The second-order valence-corrected chi connectivity index (χ2v) is 3.32. The van der Waals surface area contributed by atoms with Crippen LogP contribution in [0.15, 0.2) is 0 Å². The maximum atomic E-state index is 5.35. The largest absolute Gasteiger partial charge is 0.326 e. The van der Waals surface area contributed by atoms with Gasteiger partial charge in [0.05, 0.1) is 0 Å². The highest BCUT2D eigenvalue weighted by Gasteiger charge is 1.95. The molecule has 10 heavy (non-hydrogen) atoms. The van der Waals surface area contributed by atoms with Crippen molar-refractivity contribution >= 4 is 0 Å². The van der Waals surface area contributed by atoms with E-state index in [9.17, 15) is 0 Å². The third-order valence-corrected chi connectivity index (χ3v) is 0.500. The molecule has 3 N–H and O–H groups in total. The lowest BCUT2D eigenvalue weighted by Gasteiger charge is -2.06. The van der Waals surface area contributed by atoms with Gasteiger partial charge in [-0.15, -0.1) is 0 Å². The predicted molar refractivity (Wildman–Crippen MR) is 48.2 cm³/mol. The van der Waals surface area contributed by atoms with Crippen LogP contribution in [0.3, 0.4) is 0 Å². The summed E-state index contributed by atoms with van der Waals surface area (Å²) in [5.41, 5.74) is 5.35. The van der Waals surface area contributed by atoms with Crippen molar-refractivity contribution in [2.45, 2.75) is 40.2 Å². The van der Waals surface area contributed by atoms with Crippen molar-refractivity contribution in [1.29, 1.82) is 0 Å². The molecule has 0 saturated heterocycles. The molecule has 2 nitrogen and oxygen atoms in total. The van der Waals surface area contributed by atoms with Crippen LogP contribution in [0.2, 0.25) is 0 Å². The van der Waals surface area contributed by atoms with Gasteiger partial charge in [0.15, 0.2) is 0 Å². The summed E-state index contributed by atoms with van der Waals surface area (Å²) >= 11 is 0. The average molecular weight is 146 g/mol. The fourth-order valence-corrected chi connectivity index (χ4v) is 0.250. The fourth-order valence-electron chi connectivity index (χ4n) is 0.250. The van der Waals surface area contributed by atoms with E-state index in [0.29, 0.717) is 0 Å². The Morgan fingerprint density at radius 1 is 1.10 bits per heavy atom. The van der Waals surface area contributed by atoms with Crippen molar-refractivity contribution in [1.82, 2.24) is 5.32 Å². The lowest BCUT2D eigenvalue weighted by Crippen LogP contribution is -2.26. The number of hydrogen-bond acceptors (Lipinski definition) is 2. The van der Waals surface area contributed by atoms with Gasteiger partial charge in [0.25, 0.3) is 0 Å². The SMILES string of the molecule is CC(C)(C)N.CCNCC. The molecule has 0 aromatic rings. The Morgan fingerprint density at radius 3 is 1.30 bits per heavy atom. The van der Waals surface area contributed by atoms with Gasteiger partial charge in [0.1, 0.15) is 0 Å². The smallest absolute Gasteiger partial charge is 0.00686 e. The first-order valence-electron chi connectivity index (χ1n) is 3.91. The van der Waals surface area contributed by atoms with Crippen molar-refractivity contribution in [3.05, 3.63) is 0 Å². The zero-order chi connectivity index (χ0) is 8.62. The Bertz CT molecular complexity index is 46.8. The second kappa shape index (κ2) is 7.03. The molecular weight excluding hydrogens is 124 g/mol. The van der Waals surface area contributed by atoms with Gasteiger partial charge in [-0.1, -0.05) is 13.8 Å². The molecule has 0 rings (SSSR count). The van der Waals surface area contributed by atoms with Crippen LogP contribution in [0.1, 0.15) is 34.6 Å². The molecule has 0 aromatic carbocycles. The minimum Gasteiger partial charge on any atom is -0.326 e. The minimum atomic E-state index is 0. The van der Waals surface area contributed by atoms with Crippen molar-refractivity contribution in [2.75, 3.05) is 13.1 Å². The van der Waals surface area contributed by atoms with E-state index in [1.807, 2.05) is 20.8 Å². The van der Waals surface area contributed by atoms with Gasteiger partial charge in [-0.3, -0.25) is 0 Å². The Labute approximate surface area is 65.2 Å². The Kier molecular flexibility index (Phi) is 8.85. The van der Waals surface area contributed by atoms with E-state index in [1.165, 1.54) is 0 Å². The minimum absolute atomic E-state index is 0. The Balaban J connectivity index is 0. The lowest BCUT2D eigenvalue weighted by atomic mass is 10.1. The molecule has 0 bridgehead atoms. The topological polar surface area (TPSA) is 38.0 Å². The summed E-state index contributed by atoms with van der Waals surface area (Å²) in [7, 11) is 0. The first kappa shape index (κ1) is 12.6. The van der Waals surface area contributed by atoms with Gasteiger partial charge in [-0.2, -0.15) is 0 Å². The van der Waals surface area contributed by atoms with Crippen LogP contribution in [0.5, 0.6) is 0 Å².